The van der Waals surface area contributed by atoms with E-state index in [1.165, 1.54) is 12.2 Å². The molecule has 1 atom stereocenters. The molecular weight excluding hydrogens is 412 g/mol. The Morgan fingerprint density at radius 3 is 2.38 bits per heavy atom. The van der Waals surface area contributed by atoms with Gasteiger partial charge in [-0.1, -0.05) is 42.5 Å². The first kappa shape index (κ1) is 24.3. The Balaban J connectivity index is 2.09. The average Bonchev–Trinajstić information content (AvgIpc) is 2.80. The van der Waals surface area contributed by atoms with Crippen molar-refractivity contribution in [1.82, 2.24) is 5.32 Å². The molecule has 8 nitrogen and oxygen atoms in total. The van der Waals surface area contributed by atoms with Gasteiger partial charge in [-0.05, 0) is 31.5 Å². The highest BCUT2D eigenvalue weighted by atomic mass is 16.5. The van der Waals surface area contributed by atoms with E-state index in [1.807, 2.05) is 0 Å². The smallest absolute Gasteiger partial charge is 0.338 e. The fourth-order valence-electron chi connectivity index (χ4n) is 2.81. The standard InChI is InChI=1S/C24H26N2O6/c1-2-31-22(28)15-13-19(12-14-21(25)27)26-23(29)20-11-7-6-10-18(20)16-32-24(30)17-8-4-3-5-9-17/h3-11,13,15,19H,2,12,14,16H2,1H3,(H2,25,27)(H,26,29)/t19-/m0/s1. The molecule has 0 aromatic heterocycles. The molecule has 0 aliphatic rings. The van der Waals surface area contributed by atoms with Crippen LogP contribution in [0, 0.1) is 0 Å². The maximum Gasteiger partial charge on any atom is 0.338 e. The van der Waals surface area contributed by atoms with Crippen LogP contribution in [0.3, 0.4) is 0 Å². The lowest BCUT2D eigenvalue weighted by Crippen LogP contribution is -2.35. The number of ether oxygens (including phenoxy) is 2. The maximum absolute atomic E-state index is 12.9. The second-order valence-corrected chi connectivity index (χ2v) is 6.80. The van der Waals surface area contributed by atoms with E-state index in [0.717, 1.165) is 0 Å². The SMILES string of the molecule is CCOC(=O)C=C[C@H](CCC(N)=O)NC(=O)c1ccccc1COC(=O)c1ccccc1. The van der Waals surface area contributed by atoms with Gasteiger partial charge >= 0.3 is 11.9 Å². The van der Waals surface area contributed by atoms with Crippen molar-refractivity contribution in [2.45, 2.75) is 32.4 Å². The highest BCUT2D eigenvalue weighted by Crippen LogP contribution is 2.13. The number of carbonyl (C=O) groups is 4. The summed E-state index contributed by atoms with van der Waals surface area (Å²) in [5.41, 5.74) is 6.44. The zero-order valence-corrected chi connectivity index (χ0v) is 17.8. The van der Waals surface area contributed by atoms with Crippen molar-refractivity contribution >= 4 is 23.8 Å². The summed E-state index contributed by atoms with van der Waals surface area (Å²) in [5, 5.41) is 2.76. The predicted molar refractivity (Wildman–Crippen MR) is 117 cm³/mol. The van der Waals surface area contributed by atoms with Gasteiger partial charge in [-0.2, -0.15) is 0 Å². The monoisotopic (exact) mass is 438 g/mol. The minimum Gasteiger partial charge on any atom is -0.463 e. The predicted octanol–water partition coefficient (Wildman–Crippen LogP) is 2.53. The highest BCUT2D eigenvalue weighted by Gasteiger charge is 2.17. The number of nitrogens with one attached hydrogen (secondary N) is 1. The summed E-state index contributed by atoms with van der Waals surface area (Å²) < 4.78 is 10.2. The van der Waals surface area contributed by atoms with Crippen molar-refractivity contribution in [3.05, 3.63) is 83.4 Å². The van der Waals surface area contributed by atoms with Crippen LogP contribution in [0.25, 0.3) is 0 Å². The van der Waals surface area contributed by atoms with E-state index in [0.29, 0.717) is 16.7 Å². The zero-order chi connectivity index (χ0) is 23.3. The number of amides is 2. The molecule has 32 heavy (non-hydrogen) atoms. The summed E-state index contributed by atoms with van der Waals surface area (Å²) in [6, 6.07) is 14.6. The van der Waals surface area contributed by atoms with E-state index in [2.05, 4.69) is 5.32 Å². The molecule has 2 aromatic rings. The third-order valence-electron chi connectivity index (χ3n) is 4.40. The summed E-state index contributed by atoms with van der Waals surface area (Å²) in [6.07, 6.45) is 2.89. The average molecular weight is 438 g/mol. The molecule has 0 bridgehead atoms. The Kier molecular flexibility index (Phi) is 9.65. The molecule has 2 amide bonds. The molecular formula is C24H26N2O6. The van der Waals surface area contributed by atoms with Gasteiger partial charge in [-0.25, -0.2) is 9.59 Å². The molecule has 8 heteroatoms. The first-order valence-corrected chi connectivity index (χ1v) is 10.1. The molecule has 0 saturated heterocycles. The molecule has 0 heterocycles. The van der Waals surface area contributed by atoms with E-state index < -0.39 is 29.8 Å². The van der Waals surface area contributed by atoms with Gasteiger partial charge in [0.05, 0.1) is 12.2 Å². The molecule has 0 unspecified atom stereocenters. The van der Waals surface area contributed by atoms with E-state index in [-0.39, 0.29) is 26.1 Å². The number of primary amides is 1. The topological polar surface area (TPSA) is 125 Å². The van der Waals surface area contributed by atoms with Crippen LogP contribution in [-0.2, 0) is 25.7 Å². The van der Waals surface area contributed by atoms with Gasteiger partial charge in [-0.3, -0.25) is 9.59 Å². The molecule has 0 spiro atoms. The Morgan fingerprint density at radius 1 is 1.00 bits per heavy atom. The Bertz CT molecular complexity index is 971. The normalized spacial score (nSPS) is 11.5. The number of benzene rings is 2. The minimum atomic E-state index is -0.626. The summed E-state index contributed by atoms with van der Waals surface area (Å²) in [7, 11) is 0. The van der Waals surface area contributed by atoms with Crippen molar-refractivity contribution in [1.29, 1.82) is 0 Å². The number of nitrogens with two attached hydrogens (primary N) is 1. The van der Waals surface area contributed by atoms with Crippen molar-refractivity contribution in [3.63, 3.8) is 0 Å². The number of hydrogen-bond acceptors (Lipinski definition) is 6. The molecule has 2 aromatic carbocycles. The fraction of sp³-hybridized carbons (Fsp3) is 0.250. The van der Waals surface area contributed by atoms with E-state index in [1.54, 1.807) is 61.5 Å². The lowest BCUT2D eigenvalue weighted by atomic mass is 10.1. The summed E-state index contributed by atoms with van der Waals surface area (Å²) >= 11 is 0. The van der Waals surface area contributed by atoms with Crippen molar-refractivity contribution in [2.24, 2.45) is 5.73 Å². The number of rotatable bonds is 11. The van der Waals surface area contributed by atoms with Gasteiger partial charge in [0.25, 0.3) is 5.91 Å². The first-order valence-electron chi connectivity index (χ1n) is 10.1. The molecule has 0 saturated carbocycles. The first-order chi connectivity index (χ1) is 15.4. The molecule has 0 aliphatic carbocycles. The van der Waals surface area contributed by atoms with E-state index in [9.17, 15) is 19.2 Å². The molecule has 2 rings (SSSR count). The molecule has 168 valence electrons. The lowest BCUT2D eigenvalue weighted by molar-refractivity contribution is -0.137. The molecule has 0 fully saturated rings. The quantitative estimate of drug-likeness (QED) is 0.410. The second kappa shape index (κ2) is 12.7. The van der Waals surface area contributed by atoms with Crippen LogP contribution in [0.15, 0.2) is 66.7 Å². The van der Waals surface area contributed by atoms with Crippen LogP contribution >= 0.6 is 0 Å². The Morgan fingerprint density at radius 2 is 1.69 bits per heavy atom. The minimum absolute atomic E-state index is 0.0223. The van der Waals surface area contributed by atoms with Crippen LogP contribution in [-0.4, -0.2) is 36.4 Å². The van der Waals surface area contributed by atoms with Crippen molar-refractivity contribution < 1.29 is 28.7 Å². The van der Waals surface area contributed by atoms with Crippen LogP contribution < -0.4 is 11.1 Å². The van der Waals surface area contributed by atoms with Gasteiger partial charge in [0.1, 0.15) is 6.61 Å². The Labute approximate surface area is 186 Å². The largest absolute Gasteiger partial charge is 0.463 e. The number of carbonyl (C=O) groups excluding carboxylic acids is 4. The Hall–Kier alpha value is -3.94. The summed E-state index contributed by atoms with van der Waals surface area (Å²) in [4.78, 5) is 47.9. The van der Waals surface area contributed by atoms with Gasteiger partial charge in [0.2, 0.25) is 5.91 Å². The maximum atomic E-state index is 12.9. The van der Waals surface area contributed by atoms with E-state index in [4.69, 9.17) is 15.2 Å². The number of hydrogen-bond donors (Lipinski definition) is 2. The molecule has 0 radical (unpaired) electrons. The summed E-state index contributed by atoms with van der Waals surface area (Å²) in [6.45, 7) is 1.80. The van der Waals surface area contributed by atoms with Gasteiger partial charge in [0, 0.05) is 29.7 Å². The summed E-state index contributed by atoms with van der Waals surface area (Å²) in [5.74, 6) is -2.03. The van der Waals surface area contributed by atoms with Crippen LogP contribution in [0.4, 0.5) is 0 Å². The van der Waals surface area contributed by atoms with Gasteiger partial charge in [-0.15, -0.1) is 0 Å². The zero-order valence-electron chi connectivity index (χ0n) is 17.8. The van der Waals surface area contributed by atoms with Crippen LogP contribution in [0.5, 0.6) is 0 Å². The van der Waals surface area contributed by atoms with Crippen molar-refractivity contribution in [2.75, 3.05) is 6.61 Å². The van der Waals surface area contributed by atoms with Gasteiger partial charge in [0.15, 0.2) is 0 Å². The highest BCUT2D eigenvalue weighted by molar-refractivity contribution is 5.96. The fourth-order valence-corrected chi connectivity index (χ4v) is 2.81. The van der Waals surface area contributed by atoms with E-state index >= 15 is 0 Å². The van der Waals surface area contributed by atoms with Crippen LogP contribution in [0.1, 0.15) is 46.0 Å². The molecule has 3 N–H and O–H groups in total. The lowest BCUT2D eigenvalue weighted by Gasteiger charge is -2.16. The molecule has 0 aliphatic heterocycles. The third-order valence-corrected chi connectivity index (χ3v) is 4.40. The van der Waals surface area contributed by atoms with Gasteiger partial charge < -0.3 is 20.5 Å². The number of esters is 2. The third kappa shape index (κ3) is 8.06. The second-order valence-electron chi connectivity index (χ2n) is 6.80. The van der Waals surface area contributed by atoms with Crippen molar-refractivity contribution in [3.8, 4) is 0 Å². The van der Waals surface area contributed by atoms with Crippen LogP contribution in [0.2, 0.25) is 0 Å².